The smallest absolute Gasteiger partial charge is 0.303 e. The van der Waals surface area contributed by atoms with E-state index >= 15 is 0 Å². The molecule has 0 bridgehead atoms. The third kappa shape index (κ3) is 6.52. The molecule has 0 unspecified atom stereocenters. The van der Waals surface area contributed by atoms with E-state index < -0.39 is 11.9 Å². The Morgan fingerprint density at radius 1 is 1.39 bits per heavy atom. The molecule has 0 aliphatic carbocycles. The van der Waals surface area contributed by atoms with Gasteiger partial charge in [-0.25, -0.2) is 0 Å². The minimum atomic E-state index is -0.863. The molecule has 2 amide bonds. The van der Waals surface area contributed by atoms with Crippen LogP contribution in [0.15, 0.2) is 28.4 Å². The molecule has 0 atom stereocenters. The number of carbonyl (C=O) groups excluding carboxylic acids is 2. The Morgan fingerprint density at radius 2 is 2.13 bits per heavy atom. The minimum Gasteiger partial charge on any atom is -0.492 e. The van der Waals surface area contributed by atoms with Crippen LogP contribution in [0.3, 0.4) is 0 Å². The van der Waals surface area contributed by atoms with Crippen LogP contribution in [-0.4, -0.2) is 37.0 Å². The summed E-state index contributed by atoms with van der Waals surface area (Å²) in [6, 6.07) is 5.13. The number of hydrogen-bond acceptors (Lipinski definition) is 4. The molecule has 8 heteroatoms. The van der Waals surface area contributed by atoms with E-state index in [9.17, 15) is 14.4 Å². The molecule has 0 heterocycles. The van der Waals surface area contributed by atoms with Gasteiger partial charge in [0, 0.05) is 13.5 Å². The number of nitrogens with one attached hydrogen (secondary N) is 2. The Hall–Kier alpha value is -2.35. The first-order valence-electron chi connectivity index (χ1n) is 6.76. The summed E-state index contributed by atoms with van der Waals surface area (Å²) in [5, 5.41) is 13.3. The van der Waals surface area contributed by atoms with Crippen molar-refractivity contribution in [3.63, 3.8) is 0 Å². The van der Waals surface area contributed by atoms with Gasteiger partial charge >= 0.3 is 5.97 Å². The van der Waals surface area contributed by atoms with Crippen LogP contribution < -0.4 is 15.4 Å². The number of carboxylic acids is 1. The van der Waals surface area contributed by atoms with E-state index in [-0.39, 0.29) is 18.7 Å². The molecule has 1 rings (SSSR count). The number of halogens is 1. The molecule has 0 saturated heterocycles. The molecule has 0 radical (unpaired) electrons. The molecule has 0 aromatic heterocycles. The van der Waals surface area contributed by atoms with Crippen LogP contribution in [0.1, 0.15) is 18.4 Å². The zero-order chi connectivity index (χ0) is 17.2. The van der Waals surface area contributed by atoms with Gasteiger partial charge in [0.05, 0.1) is 11.1 Å². The van der Waals surface area contributed by atoms with Gasteiger partial charge in [-0.2, -0.15) is 0 Å². The average Bonchev–Trinajstić information content (AvgIpc) is 2.51. The van der Waals surface area contributed by atoms with Crippen molar-refractivity contribution >= 4 is 40.3 Å². The Balaban J connectivity index is 2.79. The summed E-state index contributed by atoms with van der Waals surface area (Å²) in [5.74, 6) is -0.711. The van der Waals surface area contributed by atoms with Gasteiger partial charge in [-0.15, -0.1) is 0 Å². The maximum Gasteiger partial charge on any atom is 0.303 e. The van der Waals surface area contributed by atoms with Gasteiger partial charge in [0.2, 0.25) is 6.41 Å². The van der Waals surface area contributed by atoms with E-state index in [1.54, 1.807) is 18.2 Å². The van der Waals surface area contributed by atoms with Crippen LogP contribution >= 0.6 is 15.9 Å². The second-order valence-electron chi connectivity index (χ2n) is 4.43. The molecule has 23 heavy (non-hydrogen) atoms. The van der Waals surface area contributed by atoms with E-state index in [1.165, 1.54) is 13.1 Å². The predicted octanol–water partition coefficient (Wildman–Crippen LogP) is 1.53. The van der Waals surface area contributed by atoms with Crippen molar-refractivity contribution in [1.82, 2.24) is 10.6 Å². The Bertz CT molecular complexity index is 616. The summed E-state index contributed by atoms with van der Waals surface area (Å²) in [6.45, 7) is 0.288. The van der Waals surface area contributed by atoms with Crippen LogP contribution in [0.25, 0.3) is 6.08 Å². The summed E-state index contributed by atoms with van der Waals surface area (Å²) in [4.78, 5) is 32.6. The van der Waals surface area contributed by atoms with Gasteiger partial charge in [0.25, 0.3) is 5.91 Å². The Morgan fingerprint density at radius 3 is 2.70 bits per heavy atom. The second kappa shape index (κ2) is 9.62. The van der Waals surface area contributed by atoms with E-state index in [1.807, 2.05) is 0 Å². The topological polar surface area (TPSA) is 105 Å². The Labute approximate surface area is 141 Å². The number of rotatable bonds is 9. The molecule has 0 saturated carbocycles. The number of ether oxygens (including phenoxy) is 1. The molecule has 3 N–H and O–H groups in total. The minimum absolute atomic E-state index is 0.0469. The van der Waals surface area contributed by atoms with Crippen molar-refractivity contribution in [3.8, 4) is 5.75 Å². The largest absolute Gasteiger partial charge is 0.492 e. The molecular formula is C15H17BrN2O5. The van der Waals surface area contributed by atoms with Crippen molar-refractivity contribution in [2.75, 3.05) is 13.7 Å². The van der Waals surface area contributed by atoms with Crippen molar-refractivity contribution < 1.29 is 24.2 Å². The first-order valence-corrected chi connectivity index (χ1v) is 7.55. The summed E-state index contributed by atoms with van der Waals surface area (Å²) < 4.78 is 6.14. The highest BCUT2D eigenvalue weighted by Gasteiger charge is 2.08. The average molecular weight is 385 g/mol. The van der Waals surface area contributed by atoms with Crippen LogP contribution in [0.5, 0.6) is 5.75 Å². The van der Waals surface area contributed by atoms with Crippen molar-refractivity contribution in [2.45, 2.75) is 12.8 Å². The summed E-state index contributed by atoms with van der Waals surface area (Å²) >= 11 is 3.35. The molecular weight excluding hydrogens is 368 g/mol. The number of carbonyl (C=O) groups is 3. The number of hydrogen-bond donors (Lipinski definition) is 3. The maximum absolute atomic E-state index is 11.6. The zero-order valence-corrected chi connectivity index (χ0v) is 14.1. The number of carboxylic acid groups (broad SMARTS) is 1. The van der Waals surface area contributed by atoms with Gasteiger partial charge in [0.1, 0.15) is 11.4 Å². The fourth-order valence-corrected chi connectivity index (χ4v) is 2.18. The molecule has 0 aliphatic heterocycles. The predicted molar refractivity (Wildman–Crippen MR) is 87.8 cm³/mol. The van der Waals surface area contributed by atoms with E-state index in [4.69, 9.17) is 9.84 Å². The highest BCUT2D eigenvalue weighted by atomic mass is 79.9. The maximum atomic E-state index is 11.6. The van der Waals surface area contributed by atoms with Crippen LogP contribution in [0.2, 0.25) is 0 Å². The van der Waals surface area contributed by atoms with Gasteiger partial charge < -0.3 is 20.5 Å². The van der Waals surface area contributed by atoms with E-state index in [2.05, 4.69) is 26.6 Å². The van der Waals surface area contributed by atoms with Crippen LogP contribution in [-0.2, 0) is 14.4 Å². The third-order valence-electron chi connectivity index (χ3n) is 2.75. The van der Waals surface area contributed by atoms with Crippen molar-refractivity contribution in [2.24, 2.45) is 0 Å². The highest BCUT2D eigenvalue weighted by molar-refractivity contribution is 9.10. The number of likely N-dealkylation sites (N-methyl/N-ethyl adjacent to an activating group) is 1. The van der Waals surface area contributed by atoms with E-state index in [0.29, 0.717) is 28.6 Å². The lowest BCUT2D eigenvalue weighted by atomic mass is 10.2. The summed E-state index contributed by atoms with van der Waals surface area (Å²) in [5.41, 5.74) is 0.798. The second-order valence-corrected chi connectivity index (χ2v) is 5.29. The molecule has 124 valence electrons. The summed E-state index contributed by atoms with van der Waals surface area (Å²) in [6.07, 6.45) is 2.40. The lowest BCUT2D eigenvalue weighted by molar-refractivity contribution is -0.137. The molecule has 1 aromatic rings. The fourth-order valence-electron chi connectivity index (χ4n) is 1.67. The van der Waals surface area contributed by atoms with Crippen LogP contribution in [0.4, 0.5) is 0 Å². The molecule has 1 aromatic carbocycles. The number of benzene rings is 1. The first kappa shape index (κ1) is 18.7. The lowest BCUT2D eigenvalue weighted by Gasteiger charge is -2.09. The lowest BCUT2D eigenvalue weighted by Crippen LogP contribution is -2.28. The monoisotopic (exact) mass is 384 g/mol. The van der Waals surface area contributed by atoms with E-state index in [0.717, 1.165) is 0 Å². The van der Waals surface area contributed by atoms with Gasteiger partial charge in [-0.3, -0.25) is 14.4 Å². The fraction of sp³-hybridized carbons (Fsp3) is 0.267. The number of aliphatic carboxylic acids is 1. The standard InChI is InChI=1S/C15H17BrN2O5/c1-17-15(22)12(18-9-19)8-10-4-5-13(11(16)7-10)23-6-2-3-14(20)21/h4-5,7-9H,2-3,6H2,1H3,(H,17,22)(H,18,19)(H,20,21)/b12-8-. The third-order valence-corrected chi connectivity index (χ3v) is 3.37. The van der Waals surface area contributed by atoms with Crippen LogP contribution in [0, 0.1) is 0 Å². The molecule has 0 aliphatic rings. The molecule has 0 fully saturated rings. The van der Waals surface area contributed by atoms with Crippen molar-refractivity contribution in [3.05, 3.63) is 33.9 Å². The highest BCUT2D eigenvalue weighted by Crippen LogP contribution is 2.27. The SMILES string of the molecule is CNC(=O)/C(=C/c1ccc(OCCCC(=O)O)c(Br)c1)NC=O. The normalized spacial score (nSPS) is 10.8. The van der Waals surface area contributed by atoms with Gasteiger partial charge in [-0.1, -0.05) is 6.07 Å². The van der Waals surface area contributed by atoms with Gasteiger partial charge in [0.15, 0.2) is 0 Å². The number of amides is 2. The van der Waals surface area contributed by atoms with Gasteiger partial charge in [-0.05, 0) is 46.1 Å². The Kier molecular flexibility index (Phi) is 7.82. The first-order chi connectivity index (χ1) is 11.0. The zero-order valence-electron chi connectivity index (χ0n) is 12.5. The molecule has 0 spiro atoms. The molecule has 7 nitrogen and oxygen atoms in total. The van der Waals surface area contributed by atoms with Crippen molar-refractivity contribution in [1.29, 1.82) is 0 Å². The quantitative estimate of drug-likeness (QED) is 0.340. The summed E-state index contributed by atoms with van der Waals surface area (Å²) in [7, 11) is 1.46.